The van der Waals surface area contributed by atoms with Gasteiger partial charge in [0.25, 0.3) is 0 Å². The number of benzene rings is 2. The van der Waals surface area contributed by atoms with Crippen LogP contribution in [0.1, 0.15) is 21.9 Å². The number of aliphatic hydroxyl groups is 5. The van der Waals surface area contributed by atoms with Crippen molar-refractivity contribution < 1.29 is 30.3 Å². The van der Waals surface area contributed by atoms with E-state index in [0.29, 0.717) is 12.2 Å². The highest BCUT2D eigenvalue weighted by molar-refractivity contribution is 8.00. The second-order valence-corrected chi connectivity index (χ2v) is 8.27. The average Bonchev–Trinajstić information content (AvgIpc) is 2.72. The minimum absolute atomic E-state index is 0.0254. The maximum Gasteiger partial charge on any atom is 0.119 e. The molecule has 152 valence electrons. The zero-order chi connectivity index (χ0) is 20.1. The highest BCUT2D eigenvalue weighted by Gasteiger charge is 2.43. The van der Waals surface area contributed by atoms with Gasteiger partial charge in [0.15, 0.2) is 0 Å². The van der Waals surface area contributed by atoms with Crippen molar-refractivity contribution in [2.45, 2.75) is 35.2 Å². The predicted octanol–water partition coefficient (Wildman–Crippen LogP) is 0.880. The molecule has 2 aromatic carbocycles. The molecule has 0 bridgehead atoms. The fourth-order valence-electron chi connectivity index (χ4n) is 3.36. The van der Waals surface area contributed by atoms with Gasteiger partial charge in [-0.15, -0.1) is 11.8 Å². The lowest BCUT2D eigenvalue weighted by Gasteiger charge is -2.39. The molecule has 1 heterocycles. The number of rotatable bonds is 7. The van der Waals surface area contributed by atoms with Gasteiger partial charge in [0.05, 0.1) is 35.9 Å². The minimum atomic E-state index is -1.29. The van der Waals surface area contributed by atoms with Gasteiger partial charge in [-0.25, -0.2) is 0 Å². The Balaban J connectivity index is 1.73. The topological polar surface area (TPSA) is 110 Å². The summed E-state index contributed by atoms with van der Waals surface area (Å²) in [7, 11) is 0. The Bertz CT molecular complexity index is 751. The van der Waals surface area contributed by atoms with Gasteiger partial charge in [0, 0.05) is 0 Å². The molecule has 28 heavy (non-hydrogen) atoms. The van der Waals surface area contributed by atoms with E-state index in [0.717, 1.165) is 16.7 Å². The summed E-state index contributed by atoms with van der Waals surface area (Å²) in [5.41, 5.74) is 2.99. The second kappa shape index (κ2) is 9.73. The maximum atomic E-state index is 10.4. The second-order valence-electron chi connectivity index (χ2n) is 6.89. The standard InChI is InChI=1S/C21H26O6S/c22-8-9-27-16-6-4-13(5-7-16)10-14-2-1-3-15(11-14)21-20(26)19(25)18(24)17(12-23)28-21/h1-7,11,17-26H,8-10,12H2/t17-,18-,19+,20-,21+/m1/s1. The van der Waals surface area contributed by atoms with Gasteiger partial charge in [-0.2, -0.15) is 0 Å². The van der Waals surface area contributed by atoms with E-state index in [1.807, 2.05) is 48.5 Å². The third kappa shape index (κ3) is 4.86. The van der Waals surface area contributed by atoms with Gasteiger partial charge in [0.2, 0.25) is 0 Å². The Labute approximate surface area is 168 Å². The molecule has 2 aromatic rings. The van der Waals surface area contributed by atoms with Crippen LogP contribution in [0.4, 0.5) is 0 Å². The molecule has 1 aliphatic rings. The van der Waals surface area contributed by atoms with Gasteiger partial charge in [-0.05, 0) is 35.2 Å². The summed E-state index contributed by atoms with van der Waals surface area (Å²) in [6.45, 7) is -0.0307. The van der Waals surface area contributed by atoms with E-state index >= 15 is 0 Å². The number of hydrogen-bond acceptors (Lipinski definition) is 7. The summed E-state index contributed by atoms with van der Waals surface area (Å²) in [6, 6.07) is 15.4. The molecule has 5 atom stereocenters. The first-order valence-electron chi connectivity index (χ1n) is 9.25. The largest absolute Gasteiger partial charge is 0.491 e. The maximum absolute atomic E-state index is 10.4. The average molecular weight is 407 g/mol. The molecule has 0 unspecified atom stereocenters. The molecule has 0 saturated carbocycles. The zero-order valence-electron chi connectivity index (χ0n) is 15.4. The van der Waals surface area contributed by atoms with Gasteiger partial charge in [0.1, 0.15) is 18.5 Å². The molecular formula is C21H26O6S. The highest BCUT2D eigenvalue weighted by atomic mass is 32.2. The van der Waals surface area contributed by atoms with Crippen LogP contribution in [-0.4, -0.2) is 68.9 Å². The van der Waals surface area contributed by atoms with Crippen molar-refractivity contribution in [3.8, 4) is 5.75 Å². The Hall–Kier alpha value is -1.61. The van der Waals surface area contributed by atoms with Crippen LogP contribution >= 0.6 is 11.8 Å². The molecule has 6 nitrogen and oxygen atoms in total. The fraction of sp³-hybridized carbons (Fsp3) is 0.429. The first-order valence-corrected chi connectivity index (χ1v) is 10.2. The normalized spacial score (nSPS) is 27.5. The molecule has 5 N–H and O–H groups in total. The van der Waals surface area contributed by atoms with Crippen molar-refractivity contribution in [1.29, 1.82) is 0 Å². The molecule has 7 heteroatoms. The van der Waals surface area contributed by atoms with Crippen LogP contribution < -0.4 is 4.74 Å². The molecule has 1 fully saturated rings. The van der Waals surface area contributed by atoms with Crippen LogP contribution in [0.15, 0.2) is 48.5 Å². The van der Waals surface area contributed by atoms with Crippen molar-refractivity contribution in [2.24, 2.45) is 0 Å². The monoisotopic (exact) mass is 406 g/mol. The van der Waals surface area contributed by atoms with Gasteiger partial charge >= 0.3 is 0 Å². The van der Waals surface area contributed by atoms with Crippen LogP contribution in [0.25, 0.3) is 0 Å². The lowest BCUT2D eigenvalue weighted by molar-refractivity contribution is -0.0700. The van der Waals surface area contributed by atoms with E-state index in [1.165, 1.54) is 11.8 Å². The summed E-state index contributed by atoms with van der Waals surface area (Å²) in [5.74, 6) is 0.705. The first kappa shape index (κ1) is 21.1. The molecule has 0 aromatic heterocycles. The summed E-state index contributed by atoms with van der Waals surface area (Å²) >= 11 is 1.28. The number of aliphatic hydroxyl groups excluding tert-OH is 5. The predicted molar refractivity (Wildman–Crippen MR) is 107 cm³/mol. The van der Waals surface area contributed by atoms with Crippen LogP contribution in [-0.2, 0) is 6.42 Å². The third-order valence-electron chi connectivity index (χ3n) is 4.86. The van der Waals surface area contributed by atoms with Crippen molar-refractivity contribution in [1.82, 2.24) is 0 Å². The molecule has 1 saturated heterocycles. The smallest absolute Gasteiger partial charge is 0.119 e. The molecule has 0 radical (unpaired) electrons. The SMILES string of the molecule is OCCOc1ccc(Cc2cccc([C@@H]3S[C@H](CO)[C@@H](O)[C@H](O)[C@H]3O)c2)cc1. The molecule has 0 spiro atoms. The highest BCUT2D eigenvalue weighted by Crippen LogP contribution is 2.43. The van der Waals surface area contributed by atoms with Crippen molar-refractivity contribution in [2.75, 3.05) is 19.8 Å². The zero-order valence-corrected chi connectivity index (χ0v) is 16.2. The quantitative estimate of drug-likeness (QED) is 0.464. The van der Waals surface area contributed by atoms with Gasteiger partial charge in [-0.1, -0.05) is 36.4 Å². The number of hydrogen-bond donors (Lipinski definition) is 5. The first-order chi connectivity index (χ1) is 13.5. The summed E-state index contributed by atoms with van der Waals surface area (Å²) < 4.78 is 5.36. The molecule has 0 amide bonds. The lowest BCUT2D eigenvalue weighted by Crippen LogP contribution is -2.51. The Kier molecular flexibility index (Phi) is 7.34. The number of thioether (sulfide) groups is 1. The van der Waals surface area contributed by atoms with Crippen LogP contribution in [0.2, 0.25) is 0 Å². The summed E-state index contributed by atoms with van der Waals surface area (Å²) in [5, 5.41) is 47.8. The van der Waals surface area contributed by atoms with Crippen LogP contribution in [0.5, 0.6) is 5.75 Å². The van der Waals surface area contributed by atoms with Crippen LogP contribution in [0.3, 0.4) is 0 Å². The minimum Gasteiger partial charge on any atom is -0.491 e. The number of ether oxygens (including phenoxy) is 1. The Morgan fingerprint density at radius 2 is 1.61 bits per heavy atom. The molecule has 3 rings (SSSR count). The molecule has 0 aliphatic carbocycles. The fourth-order valence-corrected chi connectivity index (χ4v) is 4.77. The van der Waals surface area contributed by atoms with Crippen molar-refractivity contribution in [3.63, 3.8) is 0 Å². The molecule has 1 aliphatic heterocycles. The summed E-state index contributed by atoms with van der Waals surface area (Å²) in [6.07, 6.45) is -2.87. The van der Waals surface area contributed by atoms with E-state index in [-0.39, 0.29) is 19.8 Å². The van der Waals surface area contributed by atoms with Crippen molar-refractivity contribution in [3.05, 3.63) is 65.2 Å². The van der Waals surface area contributed by atoms with Crippen molar-refractivity contribution >= 4 is 11.8 Å². The Morgan fingerprint density at radius 1 is 0.857 bits per heavy atom. The third-order valence-corrected chi connectivity index (χ3v) is 6.49. The van der Waals surface area contributed by atoms with E-state index in [4.69, 9.17) is 9.84 Å². The van der Waals surface area contributed by atoms with E-state index < -0.39 is 28.8 Å². The molecular weight excluding hydrogens is 380 g/mol. The van der Waals surface area contributed by atoms with E-state index in [2.05, 4.69) is 0 Å². The van der Waals surface area contributed by atoms with E-state index in [1.54, 1.807) is 0 Å². The summed E-state index contributed by atoms with van der Waals surface area (Å²) in [4.78, 5) is 0. The Morgan fingerprint density at radius 3 is 2.29 bits per heavy atom. The van der Waals surface area contributed by atoms with Gasteiger partial charge in [-0.3, -0.25) is 0 Å². The lowest BCUT2D eigenvalue weighted by atomic mass is 9.95. The van der Waals surface area contributed by atoms with Crippen LogP contribution in [0, 0.1) is 0 Å². The van der Waals surface area contributed by atoms with E-state index in [9.17, 15) is 20.4 Å². The van der Waals surface area contributed by atoms with Gasteiger partial charge < -0.3 is 30.3 Å².